The number of carbonyl (C=O) groups excluding carboxylic acids is 1. The molecule has 1 aromatic carbocycles. The van der Waals surface area contributed by atoms with E-state index in [0.717, 1.165) is 5.56 Å². The first kappa shape index (κ1) is 16.3. The molecular formula is C17H15N5O3. The van der Waals surface area contributed by atoms with E-state index in [1.807, 2.05) is 6.92 Å². The van der Waals surface area contributed by atoms with Gasteiger partial charge in [-0.25, -0.2) is 4.98 Å². The van der Waals surface area contributed by atoms with Crippen LogP contribution >= 0.6 is 0 Å². The second-order valence-electron chi connectivity index (χ2n) is 5.41. The quantitative estimate of drug-likeness (QED) is 0.569. The van der Waals surface area contributed by atoms with E-state index in [1.165, 1.54) is 29.2 Å². The van der Waals surface area contributed by atoms with Crippen LogP contribution in [-0.4, -0.2) is 25.4 Å². The van der Waals surface area contributed by atoms with Crippen molar-refractivity contribution in [1.82, 2.24) is 19.9 Å². The third-order valence-corrected chi connectivity index (χ3v) is 3.77. The number of hydrogen-bond acceptors (Lipinski definition) is 5. The molecule has 2 heterocycles. The number of imidazole rings is 1. The minimum absolute atomic E-state index is 0.165. The van der Waals surface area contributed by atoms with Gasteiger partial charge in [-0.05, 0) is 36.8 Å². The molecule has 3 rings (SSSR count). The summed E-state index contributed by atoms with van der Waals surface area (Å²) in [7, 11) is 0. The lowest BCUT2D eigenvalue weighted by atomic mass is 10.1. The topological polar surface area (TPSA) is 103 Å². The van der Waals surface area contributed by atoms with Gasteiger partial charge in [-0.15, -0.1) is 0 Å². The molecule has 3 aromatic rings. The van der Waals surface area contributed by atoms with Crippen LogP contribution in [0, 0.1) is 10.1 Å². The molecule has 0 radical (unpaired) electrons. The van der Waals surface area contributed by atoms with Crippen LogP contribution in [0.1, 0.15) is 28.9 Å². The summed E-state index contributed by atoms with van der Waals surface area (Å²) < 4.78 is 1.53. The monoisotopic (exact) mass is 337 g/mol. The maximum absolute atomic E-state index is 12.4. The van der Waals surface area contributed by atoms with Crippen LogP contribution in [0.4, 0.5) is 5.69 Å². The molecule has 1 amide bonds. The van der Waals surface area contributed by atoms with Gasteiger partial charge in [0.15, 0.2) is 0 Å². The fourth-order valence-corrected chi connectivity index (χ4v) is 2.45. The lowest BCUT2D eigenvalue weighted by molar-refractivity contribution is -0.384. The predicted molar refractivity (Wildman–Crippen MR) is 90.3 cm³/mol. The van der Waals surface area contributed by atoms with Crippen LogP contribution in [0.15, 0.2) is 61.4 Å². The van der Waals surface area contributed by atoms with E-state index in [9.17, 15) is 14.9 Å². The third-order valence-electron chi connectivity index (χ3n) is 3.77. The van der Waals surface area contributed by atoms with E-state index in [1.54, 1.807) is 36.8 Å². The van der Waals surface area contributed by atoms with E-state index in [2.05, 4.69) is 15.3 Å². The molecule has 0 aliphatic heterocycles. The molecular weight excluding hydrogens is 322 g/mol. The Hall–Kier alpha value is -3.55. The number of hydrogen-bond donors (Lipinski definition) is 1. The van der Waals surface area contributed by atoms with Crippen LogP contribution in [0.3, 0.4) is 0 Å². The zero-order valence-corrected chi connectivity index (χ0v) is 13.4. The molecule has 8 nitrogen and oxygen atoms in total. The molecule has 0 bridgehead atoms. The molecule has 2 aromatic heterocycles. The van der Waals surface area contributed by atoms with Crippen molar-refractivity contribution in [1.29, 1.82) is 0 Å². The molecule has 1 N–H and O–H groups in total. The number of carbonyl (C=O) groups is 1. The fraction of sp³-hybridized carbons (Fsp3) is 0.118. The summed E-state index contributed by atoms with van der Waals surface area (Å²) in [6, 6.07) is 7.71. The summed E-state index contributed by atoms with van der Waals surface area (Å²) in [6.07, 6.45) is 7.88. The van der Waals surface area contributed by atoms with Crippen molar-refractivity contribution < 1.29 is 9.72 Å². The number of nitro groups is 1. The minimum Gasteiger partial charge on any atom is -0.346 e. The summed E-state index contributed by atoms with van der Waals surface area (Å²) >= 11 is 0. The van der Waals surface area contributed by atoms with Gasteiger partial charge in [-0.3, -0.25) is 19.9 Å². The molecule has 0 spiro atoms. The Kier molecular flexibility index (Phi) is 4.51. The van der Waals surface area contributed by atoms with Gasteiger partial charge in [0.1, 0.15) is 5.69 Å². The first-order valence-corrected chi connectivity index (χ1v) is 7.54. The van der Waals surface area contributed by atoms with E-state index in [-0.39, 0.29) is 23.2 Å². The van der Waals surface area contributed by atoms with Gasteiger partial charge in [0.05, 0.1) is 17.3 Å². The van der Waals surface area contributed by atoms with Crippen molar-refractivity contribution in [2.75, 3.05) is 0 Å². The van der Waals surface area contributed by atoms with Crippen molar-refractivity contribution in [3.8, 4) is 5.69 Å². The molecule has 1 unspecified atom stereocenters. The lowest BCUT2D eigenvalue weighted by Gasteiger charge is -2.14. The fourth-order valence-electron chi connectivity index (χ4n) is 2.45. The summed E-state index contributed by atoms with van der Waals surface area (Å²) in [5.41, 5.74) is 1.30. The first-order chi connectivity index (χ1) is 12.1. The zero-order chi connectivity index (χ0) is 17.8. The van der Waals surface area contributed by atoms with Crippen LogP contribution in [0.25, 0.3) is 5.69 Å². The van der Waals surface area contributed by atoms with Crippen molar-refractivity contribution >= 4 is 11.6 Å². The second kappa shape index (κ2) is 6.91. The number of pyridine rings is 1. The Labute approximate surface area is 143 Å². The highest BCUT2D eigenvalue weighted by atomic mass is 16.6. The smallest absolute Gasteiger partial charge is 0.294 e. The Morgan fingerprint density at radius 1 is 1.20 bits per heavy atom. The van der Waals surface area contributed by atoms with E-state index in [0.29, 0.717) is 5.69 Å². The molecule has 0 aliphatic carbocycles. The van der Waals surface area contributed by atoms with Gasteiger partial charge in [0.2, 0.25) is 0 Å². The van der Waals surface area contributed by atoms with Gasteiger partial charge in [0, 0.05) is 36.4 Å². The second-order valence-corrected chi connectivity index (χ2v) is 5.41. The number of rotatable bonds is 5. The standard InChI is InChI=1S/C17H15N5O3/c1-12(13-4-6-18-7-5-13)20-17(23)14-2-3-15(16(10-14)22(24)25)21-9-8-19-11-21/h2-12H,1H3,(H,20,23). The van der Waals surface area contributed by atoms with E-state index < -0.39 is 4.92 Å². The van der Waals surface area contributed by atoms with Gasteiger partial charge >= 0.3 is 0 Å². The Morgan fingerprint density at radius 3 is 2.60 bits per heavy atom. The first-order valence-electron chi connectivity index (χ1n) is 7.54. The average Bonchev–Trinajstić information content (AvgIpc) is 3.16. The van der Waals surface area contributed by atoms with Crippen molar-refractivity contribution in [3.05, 3.63) is 82.7 Å². The normalized spacial score (nSPS) is 11.7. The van der Waals surface area contributed by atoms with Crippen molar-refractivity contribution in [2.45, 2.75) is 13.0 Å². The van der Waals surface area contributed by atoms with Gasteiger partial charge in [0.25, 0.3) is 11.6 Å². The number of nitro benzene ring substituents is 1. The summed E-state index contributed by atoms with van der Waals surface area (Å²) in [5.74, 6) is -0.385. The number of nitrogens with zero attached hydrogens (tertiary/aromatic N) is 4. The number of aromatic nitrogens is 3. The molecule has 0 saturated heterocycles. The van der Waals surface area contributed by atoms with Crippen LogP contribution in [0.2, 0.25) is 0 Å². The maximum atomic E-state index is 12.4. The molecule has 0 aliphatic rings. The highest BCUT2D eigenvalue weighted by Gasteiger charge is 2.19. The number of nitrogens with one attached hydrogen (secondary N) is 1. The van der Waals surface area contributed by atoms with Gasteiger partial charge in [-0.2, -0.15) is 0 Å². The minimum atomic E-state index is -0.515. The van der Waals surface area contributed by atoms with Crippen LogP contribution in [-0.2, 0) is 0 Å². The SMILES string of the molecule is CC(NC(=O)c1ccc(-n2ccnc2)c([N+](=O)[O-])c1)c1ccncc1. The largest absolute Gasteiger partial charge is 0.346 e. The summed E-state index contributed by atoms with van der Waals surface area (Å²) in [4.78, 5) is 31.1. The summed E-state index contributed by atoms with van der Waals surface area (Å²) in [5, 5.41) is 14.2. The lowest BCUT2D eigenvalue weighted by Crippen LogP contribution is -2.26. The molecule has 0 saturated carbocycles. The Morgan fingerprint density at radius 2 is 1.96 bits per heavy atom. The van der Waals surface area contributed by atoms with Gasteiger partial charge in [-0.1, -0.05) is 0 Å². The van der Waals surface area contributed by atoms with E-state index in [4.69, 9.17) is 0 Å². The molecule has 0 fully saturated rings. The molecule has 25 heavy (non-hydrogen) atoms. The Bertz CT molecular complexity index is 894. The highest BCUT2D eigenvalue weighted by Crippen LogP contribution is 2.24. The molecule has 126 valence electrons. The van der Waals surface area contributed by atoms with Crippen molar-refractivity contribution in [3.63, 3.8) is 0 Å². The number of amides is 1. The zero-order valence-electron chi connectivity index (χ0n) is 13.4. The highest BCUT2D eigenvalue weighted by molar-refractivity contribution is 5.95. The number of benzene rings is 1. The summed E-state index contributed by atoms with van der Waals surface area (Å²) in [6.45, 7) is 1.83. The van der Waals surface area contributed by atoms with Crippen molar-refractivity contribution in [2.24, 2.45) is 0 Å². The van der Waals surface area contributed by atoms with E-state index >= 15 is 0 Å². The average molecular weight is 337 g/mol. The maximum Gasteiger partial charge on any atom is 0.294 e. The van der Waals surface area contributed by atoms with Crippen LogP contribution < -0.4 is 5.32 Å². The molecule has 1 atom stereocenters. The molecule has 8 heteroatoms. The Balaban J connectivity index is 1.86. The van der Waals surface area contributed by atoms with Crippen LogP contribution in [0.5, 0.6) is 0 Å². The van der Waals surface area contributed by atoms with Gasteiger partial charge < -0.3 is 9.88 Å². The predicted octanol–water partition coefficient (Wildman–Crippen LogP) is 2.67. The third kappa shape index (κ3) is 3.52.